The summed E-state index contributed by atoms with van der Waals surface area (Å²) in [5.74, 6) is 1.06. The number of nitrogens with zero attached hydrogens (tertiary/aromatic N) is 5. The Balaban J connectivity index is 1.30. The van der Waals surface area contributed by atoms with Crippen LogP contribution in [0.3, 0.4) is 0 Å². The van der Waals surface area contributed by atoms with E-state index < -0.39 is 0 Å². The number of aryl methyl sites for hydroxylation is 1. The van der Waals surface area contributed by atoms with Crippen molar-refractivity contribution in [1.29, 1.82) is 0 Å². The van der Waals surface area contributed by atoms with Crippen LogP contribution in [-0.4, -0.2) is 53.2 Å². The summed E-state index contributed by atoms with van der Waals surface area (Å²) in [6.07, 6.45) is 4.37. The van der Waals surface area contributed by atoms with Crippen molar-refractivity contribution >= 4 is 29.3 Å². The molecule has 1 aromatic heterocycles. The van der Waals surface area contributed by atoms with E-state index in [-0.39, 0.29) is 11.9 Å². The third kappa shape index (κ3) is 4.48. The van der Waals surface area contributed by atoms with Crippen molar-refractivity contribution < 1.29 is 4.79 Å². The second-order valence-corrected chi connectivity index (χ2v) is 10.1. The minimum absolute atomic E-state index is 0.109. The Hall–Kier alpha value is -4.06. The molecule has 2 aliphatic rings. The monoisotopic (exact) mass is 489 g/mol. The Kier molecular flexibility index (Phi) is 6.16. The normalized spacial score (nSPS) is 16.0. The van der Waals surface area contributed by atoms with Crippen molar-refractivity contribution in [3.05, 3.63) is 89.2 Å². The van der Waals surface area contributed by atoms with Gasteiger partial charge in [0, 0.05) is 37.1 Å². The van der Waals surface area contributed by atoms with E-state index in [1.165, 1.54) is 22.3 Å². The fourth-order valence-corrected chi connectivity index (χ4v) is 5.69. The van der Waals surface area contributed by atoms with E-state index >= 15 is 0 Å². The zero-order chi connectivity index (χ0) is 25.4. The number of hydrogen-bond acceptors (Lipinski definition) is 5. The van der Waals surface area contributed by atoms with Gasteiger partial charge in [0.15, 0.2) is 0 Å². The molecule has 6 rings (SSSR count). The molecule has 0 N–H and O–H groups in total. The number of anilines is 1. The molecule has 2 aliphatic heterocycles. The second-order valence-electron chi connectivity index (χ2n) is 10.1. The molecule has 37 heavy (non-hydrogen) atoms. The van der Waals surface area contributed by atoms with E-state index in [2.05, 4.69) is 77.0 Å². The summed E-state index contributed by atoms with van der Waals surface area (Å²) >= 11 is 0. The number of benzene rings is 3. The van der Waals surface area contributed by atoms with Crippen molar-refractivity contribution in [1.82, 2.24) is 14.9 Å². The first-order valence-electron chi connectivity index (χ1n) is 13.0. The maximum Gasteiger partial charge on any atom is 0.253 e. The van der Waals surface area contributed by atoms with Crippen LogP contribution >= 0.6 is 0 Å². The number of hydrogen-bond donors (Lipinski definition) is 0. The van der Waals surface area contributed by atoms with Crippen LogP contribution in [0.1, 0.15) is 39.9 Å². The van der Waals surface area contributed by atoms with E-state index in [1.807, 2.05) is 17.0 Å². The van der Waals surface area contributed by atoms with Gasteiger partial charge in [-0.15, -0.1) is 0 Å². The number of carbonyl (C=O) groups is 1. The lowest BCUT2D eigenvalue weighted by molar-refractivity contribution is 0.0715. The van der Waals surface area contributed by atoms with E-state index in [0.29, 0.717) is 0 Å². The number of aromatic nitrogens is 2. The molecule has 1 amide bonds. The maximum atomic E-state index is 13.3. The lowest BCUT2D eigenvalue weighted by Crippen LogP contribution is -2.39. The molecule has 6 nitrogen and oxygen atoms in total. The van der Waals surface area contributed by atoms with Crippen molar-refractivity contribution in [2.24, 2.45) is 4.99 Å². The molecule has 0 aliphatic carbocycles. The van der Waals surface area contributed by atoms with E-state index in [1.54, 1.807) is 6.33 Å². The summed E-state index contributed by atoms with van der Waals surface area (Å²) in [5.41, 5.74) is 7.74. The van der Waals surface area contributed by atoms with Gasteiger partial charge in [0.25, 0.3) is 5.91 Å². The molecule has 1 saturated heterocycles. The first kappa shape index (κ1) is 23.3. The topological polar surface area (TPSA) is 61.7 Å². The molecule has 0 spiro atoms. The van der Waals surface area contributed by atoms with Gasteiger partial charge >= 0.3 is 0 Å². The van der Waals surface area contributed by atoms with Gasteiger partial charge in [-0.1, -0.05) is 36.4 Å². The van der Waals surface area contributed by atoms with Crippen LogP contribution < -0.4 is 4.90 Å². The fraction of sp³-hybridized carbons (Fsp3) is 0.290. The van der Waals surface area contributed by atoms with Crippen LogP contribution in [0.25, 0.3) is 22.0 Å². The Labute approximate surface area is 217 Å². The van der Waals surface area contributed by atoms with E-state index in [0.717, 1.165) is 73.3 Å². The van der Waals surface area contributed by atoms with Crippen LogP contribution in [0, 0.1) is 6.92 Å². The average molecular weight is 490 g/mol. The van der Waals surface area contributed by atoms with E-state index in [9.17, 15) is 4.79 Å². The summed E-state index contributed by atoms with van der Waals surface area (Å²) in [5, 5.41) is 1.07. The summed E-state index contributed by atoms with van der Waals surface area (Å²) in [4.78, 5) is 31.1. The van der Waals surface area contributed by atoms with Gasteiger partial charge in [0.05, 0.1) is 11.6 Å². The molecule has 0 atom stereocenters. The Morgan fingerprint density at radius 3 is 2.54 bits per heavy atom. The SMILES string of the molecule is C=NC1CCN(C(=O)c2ccc3c(c2)CN(c2ncnc4c(C)cc(-c5ccccc5)cc24)CC3)CC1. The van der Waals surface area contributed by atoms with Crippen molar-refractivity contribution in [3.63, 3.8) is 0 Å². The average Bonchev–Trinajstić information content (AvgIpc) is 2.96. The predicted octanol–water partition coefficient (Wildman–Crippen LogP) is 5.47. The third-order valence-electron chi connectivity index (χ3n) is 7.79. The number of likely N-dealkylation sites (tertiary alicyclic amines) is 1. The largest absolute Gasteiger partial charge is 0.351 e. The standard InChI is InChI=1S/C31H31N5O/c1-21-16-25(22-6-4-3-5-7-22)18-28-29(21)33-20-34-30(28)36-13-10-23-8-9-24(17-26(23)19-36)31(37)35-14-11-27(32-2)12-15-35/h3-9,16-18,20,27H,2,10-15,19H2,1H3. The molecule has 0 unspecified atom stereocenters. The van der Waals surface area contributed by atoms with Gasteiger partial charge in [0.2, 0.25) is 0 Å². The van der Waals surface area contributed by atoms with Crippen LogP contribution in [0.4, 0.5) is 5.82 Å². The highest BCUT2D eigenvalue weighted by Gasteiger charge is 2.25. The third-order valence-corrected chi connectivity index (χ3v) is 7.79. The number of carbonyl (C=O) groups excluding carboxylic acids is 1. The highest BCUT2D eigenvalue weighted by molar-refractivity contribution is 5.96. The number of piperidine rings is 1. The van der Waals surface area contributed by atoms with Crippen LogP contribution in [0.5, 0.6) is 0 Å². The second kappa shape index (κ2) is 9.77. The van der Waals surface area contributed by atoms with Gasteiger partial charge in [-0.2, -0.15) is 0 Å². The molecule has 0 radical (unpaired) electrons. The van der Waals surface area contributed by atoms with Crippen molar-refractivity contribution in [3.8, 4) is 11.1 Å². The molecule has 6 heteroatoms. The van der Waals surface area contributed by atoms with Gasteiger partial charge in [-0.05, 0) is 85.0 Å². The Morgan fingerprint density at radius 1 is 0.946 bits per heavy atom. The molecule has 186 valence electrons. The molecular weight excluding hydrogens is 458 g/mol. The molecule has 3 aromatic carbocycles. The van der Waals surface area contributed by atoms with Gasteiger partial charge in [0.1, 0.15) is 12.1 Å². The van der Waals surface area contributed by atoms with Gasteiger partial charge < -0.3 is 9.80 Å². The summed E-state index contributed by atoms with van der Waals surface area (Å²) in [6, 6.07) is 21.3. The minimum Gasteiger partial charge on any atom is -0.351 e. The quantitative estimate of drug-likeness (QED) is 0.357. The summed E-state index contributed by atoms with van der Waals surface area (Å²) < 4.78 is 0. The predicted molar refractivity (Wildman–Crippen MR) is 149 cm³/mol. The number of rotatable bonds is 4. The molecule has 1 fully saturated rings. The Bertz CT molecular complexity index is 1470. The lowest BCUT2D eigenvalue weighted by atomic mass is 9.95. The fourth-order valence-electron chi connectivity index (χ4n) is 5.69. The minimum atomic E-state index is 0.109. The van der Waals surface area contributed by atoms with Crippen LogP contribution in [0.2, 0.25) is 0 Å². The highest BCUT2D eigenvalue weighted by Crippen LogP contribution is 2.33. The number of aliphatic imine (C=N–C) groups is 1. The van der Waals surface area contributed by atoms with Crippen molar-refractivity contribution in [2.45, 2.75) is 38.8 Å². The van der Waals surface area contributed by atoms with Crippen molar-refractivity contribution in [2.75, 3.05) is 24.5 Å². The number of fused-ring (bicyclic) bond motifs is 2. The zero-order valence-corrected chi connectivity index (χ0v) is 21.2. The van der Waals surface area contributed by atoms with Gasteiger partial charge in [-0.3, -0.25) is 9.79 Å². The maximum absolute atomic E-state index is 13.3. The first-order valence-corrected chi connectivity index (χ1v) is 13.0. The van der Waals surface area contributed by atoms with Gasteiger partial charge in [-0.25, -0.2) is 9.97 Å². The molecule has 3 heterocycles. The lowest BCUT2D eigenvalue weighted by Gasteiger charge is -2.32. The smallest absolute Gasteiger partial charge is 0.253 e. The van der Waals surface area contributed by atoms with E-state index in [4.69, 9.17) is 4.98 Å². The summed E-state index contributed by atoms with van der Waals surface area (Å²) in [7, 11) is 0. The van der Waals surface area contributed by atoms with Crippen LogP contribution in [0.15, 0.2) is 72.0 Å². The highest BCUT2D eigenvalue weighted by atomic mass is 16.2. The molecular formula is C31H31N5O. The zero-order valence-electron chi connectivity index (χ0n) is 21.2. The van der Waals surface area contributed by atoms with Crippen LogP contribution in [-0.2, 0) is 13.0 Å². The molecule has 4 aromatic rings. The summed E-state index contributed by atoms with van der Waals surface area (Å²) in [6.45, 7) is 8.86. The first-order chi connectivity index (χ1) is 18.1. The Morgan fingerprint density at radius 2 is 1.76 bits per heavy atom. The number of amides is 1. The molecule has 0 bridgehead atoms. The molecule has 0 saturated carbocycles.